The van der Waals surface area contributed by atoms with Gasteiger partial charge in [-0.15, -0.1) is 11.3 Å². The second-order valence-electron chi connectivity index (χ2n) is 3.36. The van der Waals surface area contributed by atoms with Crippen molar-refractivity contribution in [2.75, 3.05) is 0 Å². The molecule has 2 nitrogen and oxygen atoms in total. The Morgan fingerprint density at radius 1 is 1.38 bits per heavy atom. The minimum Gasteiger partial charge on any atom is -0.346 e. The molecule has 3 aromatic rings. The summed E-state index contributed by atoms with van der Waals surface area (Å²) in [6.45, 7) is 0. The van der Waals surface area contributed by atoms with E-state index < -0.39 is 0 Å². The summed E-state index contributed by atoms with van der Waals surface area (Å²) in [6.07, 6.45) is 2.99. The normalized spacial score (nSPS) is 11.1. The van der Waals surface area contributed by atoms with Crippen molar-refractivity contribution in [1.82, 2.24) is 9.97 Å². The average Bonchev–Trinajstić information content (AvgIpc) is 2.83. The minimum atomic E-state index is -0.347. The van der Waals surface area contributed by atoms with Gasteiger partial charge in [0.15, 0.2) is 0 Å². The van der Waals surface area contributed by atoms with Crippen molar-refractivity contribution in [3.63, 3.8) is 0 Å². The highest BCUT2D eigenvalue weighted by atomic mass is 35.5. The lowest BCUT2D eigenvalue weighted by Crippen LogP contribution is -1.79. The molecule has 80 valence electrons. The molecule has 3 heterocycles. The van der Waals surface area contributed by atoms with Gasteiger partial charge in [-0.3, -0.25) is 0 Å². The molecule has 0 fully saturated rings. The van der Waals surface area contributed by atoms with E-state index in [0.29, 0.717) is 9.98 Å². The van der Waals surface area contributed by atoms with E-state index >= 15 is 0 Å². The monoisotopic (exact) mass is 252 g/mol. The predicted molar refractivity (Wildman–Crippen MR) is 64.4 cm³/mol. The number of fused-ring (bicyclic) bond motifs is 1. The Morgan fingerprint density at radius 3 is 3.00 bits per heavy atom. The van der Waals surface area contributed by atoms with Gasteiger partial charge in [0.1, 0.15) is 15.8 Å². The summed E-state index contributed by atoms with van der Waals surface area (Å²) < 4.78 is 13.8. The summed E-state index contributed by atoms with van der Waals surface area (Å²) in [4.78, 5) is 6.97. The maximum Gasteiger partial charge on any atom is 0.142 e. The summed E-state index contributed by atoms with van der Waals surface area (Å²) in [6, 6.07) is 3.38. The average molecular weight is 253 g/mol. The van der Waals surface area contributed by atoms with E-state index in [2.05, 4.69) is 9.97 Å². The highest BCUT2D eigenvalue weighted by Gasteiger charge is 2.11. The Labute approximate surface area is 99.7 Å². The lowest BCUT2D eigenvalue weighted by molar-refractivity contribution is 0.624. The molecule has 0 unspecified atom stereocenters. The molecule has 0 spiro atoms. The summed E-state index contributed by atoms with van der Waals surface area (Å²) in [5.41, 5.74) is 2.46. The number of rotatable bonds is 1. The molecular formula is C11H6ClFN2S. The topological polar surface area (TPSA) is 28.7 Å². The molecule has 1 N–H and O–H groups in total. The van der Waals surface area contributed by atoms with Crippen LogP contribution in [0, 0.1) is 5.82 Å². The maximum atomic E-state index is 13.1. The number of aromatic amines is 1. The Kier molecular flexibility index (Phi) is 2.19. The SMILES string of the molecule is Fc1cnc2[nH]cc(-c3ccsc3Cl)c2c1. The van der Waals surface area contributed by atoms with Crippen LogP contribution < -0.4 is 0 Å². The van der Waals surface area contributed by atoms with Crippen molar-refractivity contribution in [2.24, 2.45) is 0 Å². The Balaban J connectivity index is 2.32. The molecule has 3 rings (SSSR count). The van der Waals surface area contributed by atoms with E-state index in [1.54, 1.807) is 6.20 Å². The summed E-state index contributed by atoms with van der Waals surface area (Å²) in [5.74, 6) is -0.347. The zero-order valence-electron chi connectivity index (χ0n) is 8.00. The molecule has 0 radical (unpaired) electrons. The first-order valence-corrected chi connectivity index (χ1v) is 5.87. The third-order valence-electron chi connectivity index (χ3n) is 2.41. The number of hydrogen-bond donors (Lipinski definition) is 1. The first kappa shape index (κ1) is 9.81. The molecular weight excluding hydrogens is 247 g/mol. The lowest BCUT2D eigenvalue weighted by Gasteiger charge is -1.96. The van der Waals surface area contributed by atoms with Crippen molar-refractivity contribution < 1.29 is 4.39 Å². The van der Waals surface area contributed by atoms with E-state index in [9.17, 15) is 4.39 Å². The molecule has 5 heteroatoms. The van der Waals surface area contributed by atoms with Gasteiger partial charge in [0, 0.05) is 22.7 Å². The number of pyridine rings is 1. The standard InChI is InChI=1S/C11H6ClFN2S/c12-10-7(1-2-16-10)9-5-15-11-8(9)3-6(13)4-14-11/h1-5H,(H,14,15). The van der Waals surface area contributed by atoms with Gasteiger partial charge < -0.3 is 4.98 Å². The fourth-order valence-corrected chi connectivity index (χ4v) is 2.63. The van der Waals surface area contributed by atoms with E-state index in [1.807, 2.05) is 11.4 Å². The molecule has 3 aromatic heterocycles. The highest BCUT2D eigenvalue weighted by molar-refractivity contribution is 7.15. The zero-order valence-corrected chi connectivity index (χ0v) is 9.57. The van der Waals surface area contributed by atoms with Crippen molar-refractivity contribution in [1.29, 1.82) is 0 Å². The Morgan fingerprint density at radius 2 is 2.25 bits per heavy atom. The fraction of sp³-hybridized carbons (Fsp3) is 0. The van der Waals surface area contributed by atoms with Crippen molar-refractivity contribution in [3.05, 3.63) is 40.1 Å². The van der Waals surface area contributed by atoms with Gasteiger partial charge in [-0.2, -0.15) is 0 Å². The van der Waals surface area contributed by atoms with Crippen molar-refractivity contribution in [3.8, 4) is 11.1 Å². The van der Waals surface area contributed by atoms with Crippen LogP contribution in [0.15, 0.2) is 29.9 Å². The van der Waals surface area contributed by atoms with Crippen LogP contribution in [0.1, 0.15) is 0 Å². The maximum absolute atomic E-state index is 13.1. The summed E-state index contributed by atoms with van der Waals surface area (Å²) >= 11 is 7.51. The number of hydrogen-bond acceptors (Lipinski definition) is 2. The first-order valence-electron chi connectivity index (χ1n) is 4.61. The molecule has 0 saturated heterocycles. The fourth-order valence-electron chi connectivity index (χ4n) is 1.69. The van der Waals surface area contributed by atoms with Gasteiger partial charge >= 0.3 is 0 Å². The van der Waals surface area contributed by atoms with Crippen LogP contribution in [-0.2, 0) is 0 Å². The molecule has 0 saturated carbocycles. The van der Waals surface area contributed by atoms with Crippen LogP contribution in [0.5, 0.6) is 0 Å². The largest absolute Gasteiger partial charge is 0.346 e. The molecule has 0 amide bonds. The molecule has 0 bridgehead atoms. The van der Waals surface area contributed by atoms with Crippen LogP contribution in [0.4, 0.5) is 4.39 Å². The van der Waals surface area contributed by atoms with E-state index in [1.165, 1.54) is 23.6 Å². The van der Waals surface area contributed by atoms with Gasteiger partial charge in [0.25, 0.3) is 0 Å². The second kappa shape index (κ2) is 3.57. The molecule has 16 heavy (non-hydrogen) atoms. The van der Waals surface area contributed by atoms with Gasteiger partial charge in [0.2, 0.25) is 0 Å². The Hall–Kier alpha value is -1.39. The number of thiophene rings is 1. The smallest absolute Gasteiger partial charge is 0.142 e. The van der Waals surface area contributed by atoms with Crippen LogP contribution >= 0.6 is 22.9 Å². The van der Waals surface area contributed by atoms with E-state index in [-0.39, 0.29) is 5.82 Å². The van der Waals surface area contributed by atoms with Crippen LogP contribution in [-0.4, -0.2) is 9.97 Å². The van der Waals surface area contributed by atoms with E-state index in [0.717, 1.165) is 16.5 Å². The van der Waals surface area contributed by atoms with E-state index in [4.69, 9.17) is 11.6 Å². The van der Waals surface area contributed by atoms with Gasteiger partial charge in [-0.1, -0.05) is 11.6 Å². The third-order valence-corrected chi connectivity index (χ3v) is 3.58. The summed E-state index contributed by atoms with van der Waals surface area (Å²) in [5, 5.41) is 2.66. The molecule has 0 aromatic carbocycles. The molecule has 0 aliphatic rings. The predicted octanol–water partition coefficient (Wildman–Crippen LogP) is 4.08. The quantitative estimate of drug-likeness (QED) is 0.694. The number of aromatic nitrogens is 2. The Bertz CT molecular complexity index is 659. The van der Waals surface area contributed by atoms with Crippen molar-refractivity contribution >= 4 is 34.0 Å². The number of nitrogens with zero attached hydrogens (tertiary/aromatic N) is 1. The minimum absolute atomic E-state index is 0.347. The second-order valence-corrected chi connectivity index (χ2v) is 4.88. The van der Waals surface area contributed by atoms with Crippen LogP contribution in [0.3, 0.4) is 0 Å². The summed E-state index contributed by atoms with van der Waals surface area (Å²) in [7, 11) is 0. The number of nitrogens with one attached hydrogen (secondary N) is 1. The van der Waals surface area contributed by atoms with Crippen LogP contribution in [0.2, 0.25) is 4.34 Å². The molecule has 0 aliphatic heterocycles. The molecule has 0 aliphatic carbocycles. The van der Waals surface area contributed by atoms with Gasteiger partial charge in [0.05, 0.1) is 6.20 Å². The highest BCUT2D eigenvalue weighted by Crippen LogP contribution is 2.36. The van der Waals surface area contributed by atoms with Gasteiger partial charge in [-0.05, 0) is 17.5 Å². The van der Waals surface area contributed by atoms with Crippen molar-refractivity contribution in [2.45, 2.75) is 0 Å². The molecule has 0 atom stereocenters. The van der Waals surface area contributed by atoms with Crippen LogP contribution in [0.25, 0.3) is 22.2 Å². The zero-order chi connectivity index (χ0) is 11.1. The lowest BCUT2D eigenvalue weighted by atomic mass is 10.1. The van der Waals surface area contributed by atoms with Gasteiger partial charge in [-0.25, -0.2) is 9.37 Å². The third kappa shape index (κ3) is 1.42. The number of halogens is 2. The number of H-pyrrole nitrogens is 1. The first-order chi connectivity index (χ1) is 7.75.